The molecule has 2 saturated heterocycles. The van der Waals surface area contributed by atoms with Gasteiger partial charge in [-0.25, -0.2) is 8.42 Å². The number of hydrogen-bond donors (Lipinski definition) is 1. The highest BCUT2D eigenvalue weighted by Gasteiger charge is 2.32. The molecule has 0 spiro atoms. The number of anilines is 2. The average Bonchev–Trinajstić information content (AvgIpc) is 2.84. The normalized spacial score (nSPS) is 22.7. The van der Waals surface area contributed by atoms with Gasteiger partial charge in [-0.05, 0) is 31.4 Å². The van der Waals surface area contributed by atoms with Crippen LogP contribution in [0.5, 0.6) is 0 Å². The highest BCUT2D eigenvalue weighted by atomic mass is 32.2. The van der Waals surface area contributed by atoms with Crippen LogP contribution in [0.1, 0.15) is 32.1 Å². The van der Waals surface area contributed by atoms with Gasteiger partial charge in [0.1, 0.15) is 0 Å². The van der Waals surface area contributed by atoms with E-state index in [2.05, 4.69) is 16.3 Å². The zero-order valence-corrected chi connectivity index (χ0v) is 16.3. The minimum Gasteiger partial charge on any atom is -0.374 e. The van der Waals surface area contributed by atoms with E-state index in [1.165, 1.54) is 25.7 Å². The summed E-state index contributed by atoms with van der Waals surface area (Å²) in [6.07, 6.45) is 5.49. The third kappa shape index (κ3) is 4.69. The van der Waals surface area contributed by atoms with Crippen LogP contribution >= 0.6 is 0 Å². The van der Waals surface area contributed by atoms with E-state index in [9.17, 15) is 13.2 Å². The fourth-order valence-corrected chi connectivity index (χ4v) is 5.56. The number of carbonyl (C=O) groups is 1. The lowest BCUT2D eigenvalue weighted by molar-refractivity contribution is -0.129. The summed E-state index contributed by atoms with van der Waals surface area (Å²) in [5, 5.41) is 3.27. The Morgan fingerprint density at radius 3 is 2.54 bits per heavy atom. The smallest absolute Gasteiger partial charge is 0.241 e. The molecular weight excluding hydrogens is 350 g/mol. The predicted octanol–water partition coefficient (Wildman–Crippen LogP) is 2.12. The summed E-state index contributed by atoms with van der Waals surface area (Å²) >= 11 is 0. The highest BCUT2D eigenvalue weighted by Crippen LogP contribution is 2.28. The van der Waals surface area contributed by atoms with Crippen molar-refractivity contribution in [2.24, 2.45) is 0 Å². The second-order valence-corrected chi connectivity index (χ2v) is 9.56. The number of nitrogens with zero attached hydrogens (tertiary/aromatic N) is 2. The lowest BCUT2D eigenvalue weighted by atomic mass is 10.2. The van der Waals surface area contributed by atoms with Crippen molar-refractivity contribution in [3.63, 3.8) is 0 Å². The predicted molar refractivity (Wildman–Crippen MR) is 105 cm³/mol. The molecule has 1 amide bonds. The second-order valence-electron chi connectivity index (χ2n) is 7.33. The standard InChI is InChI=1S/C19H29N3O3S/c1-21(16-10-13-26(24,25)15-16)19(23)14-20-17-8-4-5-9-18(17)22-11-6-2-3-7-12-22/h4-5,8-9,16,20H,2-3,6-7,10-15H2,1H3/t16-/m1/s1. The molecule has 3 rings (SSSR count). The minimum atomic E-state index is -2.99. The number of likely N-dealkylation sites (N-methyl/N-ethyl adjacent to an activating group) is 1. The van der Waals surface area contributed by atoms with Gasteiger partial charge in [0.25, 0.3) is 0 Å². The molecule has 2 heterocycles. The van der Waals surface area contributed by atoms with Gasteiger partial charge in [-0.1, -0.05) is 25.0 Å². The molecule has 1 N–H and O–H groups in total. The number of amides is 1. The van der Waals surface area contributed by atoms with Crippen LogP contribution in [0.2, 0.25) is 0 Å². The van der Waals surface area contributed by atoms with Crippen LogP contribution in [0.15, 0.2) is 24.3 Å². The first kappa shape index (κ1) is 19.0. The third-order valence-electron chi connectivity index (χ3n) is 5.43. The lowest BCUT2D eigenvalue weighted by Gasteiger charge is -2.27. The van der Waals surface area contributed by atoms with Crippen LogP contribution in [0.25, 0.3) is 0 Å². The van der Waals surface area contributed by atoms with Crippen molar-refractivity contribution in [2.45, 2.75) is 38.1 Å². The van der Waals surface area contributed by atoms with Crippen LogP contribution in [0.3, 0.4) is 0 Å². The minimum absolute atomic E-state index is 0.0715. The van der Waals surface area contributed by atoms with Crippen LogP contribution in [0.4, 0.5) is 11.4 Å². The SMILES string of the molecule is CN(C(=O)CNc1ccccc1N1CCCCCC1)[C@@H]1CCS(=O)(=O)C1. The van der Waals surface area contributed by atoms with Crippen molar-refractivity contribution in [2.75, 3.05) is 48.4 Å². The first-order chi connectivity index (χ1) is 12.5. The third-order valence-corrected chi connectivity index (χ3v) is 7.18. The maximum absolute atomic E-state index is 12.5. The lowest BCUT2D eigenvalue weighted by Crippen LogP contribution is -2.41. The Morgan fingerprint density at radius 2 is 1.88 bits per heavy atom. The van der Waals surface area contributed by atoms with Crippen molar-refractivity contribution >= 4 is 27.1 Å². The number of nitrogens with one attached hydrogen (secondary N) is 1. The zero-order chi connectivity index (χ0) is 18.6. The molecule has 0 radical (unpaired) electrons. The molecule has 144 valence electrons. The van der Waals surface area contributed by atoms with E-state index in [1.807, 2.05) is 18.2 Å². The van der Waals surface area contributed by atoms with Crippen LogP contribution in [0, 0.1) is 0 Å². The molecule has 1 aromatic carbocycles. The van der Waals surface area contributed by atoms with Gasteiger partial charge in [0.2, 0.25) is 5.91 Å². The van der Waals surface area contributed by atoms with Crippen LogP contribution in [-0.2, 0) is 14.6 Å². The van der Waals surface area contributed by atoms with Gasteiger partial charge in [0.05, 0.1) is 29.4 Å². The van der Waals surface area contributed by atoms with Crippen LogP contribution < -0.4 is 10.2 Å². The van der Waals surface area contributed by atoms with E-state index in [-0.39, 0.29) is 30.0 Å². The molecule has 2 aliphatic heterocycles. The average molecular weight is 380 g/mol. The van der Waals surface area contributed by atoms with Crippen LogP contribution in [-0.4, -0.2) is 63.5 Å². The van der Waals surface area contributed by atoms with Gasteiger partial charge in [-0.3, -0.25) is 4.79 Å². The van der Waals surface area contributed by atoms with Gasteiger partial charge in [0, 0.05) is 26.2 Å². The summed E-state index contributed by atoms with van der Waals surface area (Å²) in [5.74, 6) is 0.192. The Balaban J connectivity index is 1.61. The molecule has 1 atom stereocenters. The molecule has 1 aromatic rings. The summed E-state index contributed by atoms with van der Waals surface area (Å²) in [5.41, 5.74) is 2.11. The second kappa shape index (κ2) is 8.29. The fourth-order valence-electron chi connectivity index (χ4n) is 3.79. The number of para-hydroxylation sites is 2. The fraction of sp³-hybridized carbons (Fsp3) is 0.632. The van der Waals surface area contributed by atoms with E-state index in [1.54, 1.807) is 11.9 Å². The molecule has 7 heteroatoms. The molecule has 0 saturated carbocycles. The molecular formula is C19H29N3O3S. The molecule has 0 bridgehead atoms. The Kier molecular flexibility index (Phi) is 6.06. The number of sulfone groups is 1. The Hall–Kier alpha value is -1.76. The number of carbonyl (C=O) groups excluding carboxylic acids is 1. The van der Waals surface area contributed by atoms with Gasteiger partial charge in [-0.15, -0.1) is 0 Å². The Morgan fingerprint density at radius 1 is 1.19 bits per heavy atom. The maximum atomic E-state index is 12.5. The quantitative estimate of drug-likeness (QED) is 0.849. The van der Waals surface area contributed by atoms with Crippen molar-refractivity contribution < 1.29 is 13.2 Å². The molecule has 26 heavy (non-hydrogen) atoms. The van der Waals surface area contributed by atoms with Gasteiger partial charge in [0.15, 0.2) is 9.84 Å². The molecule has 0 unspecified atom stereocenters. The van der Waals surface area contributed by atoms with Gasteiger partial charge in [-0.2, -0.15) is 0 Å². The molecule has 2 aliphatic rings. The van der Waals surface area contributed by atoms with E-state index in [0.717, 1.165) is 24.5 Å². The largest absolute Gasteiger partial charge is 0.374 e. The maximum Gasteiger partial charge on any atom is 0.241 e. The summed E-state index contributed by atoms with van der Waals surface area (Å²) < 4.78 is 23.3. The highest BCUT2D eigenvalue weighted by molar-refractivity contribution is 7.91. The van der Waals surface area contributed by atoms with Gasteiger partial charge < -0.3 is 15.1 Å². The number of rotatable bonds is 5. The summed E-state index contributed by atoms with van der Waals surface area (Å²) in [4.78, 5) is 16.5. The molecule has 0 aromatic heterocycles. The van der Waals surface area contributed by atoms with E-state index in [4.69, 9.17) is 0 Å². The molecule has 2 fully saturated rings. The van der Waals surface area contributed by atoms with E-state index < -0.39 is 9.84 Å². The summed E-state index contributed by atoms with van der Waals surface area (Å²) in [6, 6.07) is 7.92. The van der Waals surface area contributed by atoms with E-state index in [0.29, 0.717) is 6.42 Å². The monoisotopic (exact) mass is 379 g/mol. The number of benzene rings is 1. The zero-order valence-electron chi connectivity index (χ0n) is 15.5. The molecule has 0 aliphatic carbocycles. The summed E-state index contributed by atoms with van der Waals surface area (Å²) in [7, 11) is -1.28. The first-order valence-corrected chi connectivity index (χ1v) is 11.3. The Bertz CT molecular complexity index is 727. The van der Waals surface area contributed by atoms with Crippen molar-refractivity contribution in [3.8, 4) is 0 Å². The number of hydrogen-bond acceptors (Lipinski definition) is 5. The Labute approximate surface area is 156 Å². The van der Waals surface area contributed by atoms with Crippen molar-refractivity contribution in [1.82, 2.24) is 4.90 Å². The molecule has 6 nitrogen and oxygen atoms in total. The summed E-state index contributed by atoms with van der Waals surface area (Å²) in [6.45, 7) is 2.27. The van der Waals surface area contributed by atoms with E-state index >= 15 is 0 Å². The van der Waals surface area contributed by atoms with Crippen molar-refractivity contribution in [3.05, 3.63) is 24.3 Å². The first-order valence-electron chi connectivity index (χ1n) is 9.50. The van der Waals surface area contributed by atoms with Gasteiger partial charge >= 0.3 is 0 Å². The van der Waals surface area contributed by atoms with Crippen molar-refractivity contribution in [1.29, 1.82) is 0 Å². The topological polar surface area (TPSA) is 69.7 Å².